The van der Waals surface area contributed by atoms with Crippen molar-refractivity contribution in [1.82, 2.24) is 5.32 Å². The Kier molecular flexibility index (Phi) is 3.14. The number of piperidine rings is 1. The predicted octanol–water partition coefficient (Wildman–Crippen LogP) is 2.33. The van der Waals surface area contributed by atoms with E-state index >= 15 is 0 Å². The first kappa shape index (κ1) is 11.1. The summed E-state index contributed by atoms with van der Waals surface area (Å²) in [6.45, 7) is 3.83. The Labute approximate surface area is 98.8 Å². The van der Waals surface area contributed by atoms with E-state index in [0.717, 1.165) is 36.0 Å². The topological polar surface area (TPSA) is 32.3 Å². The van der Waals surface area contributed by atoms with Crippen LogP contribution in [0.3, 0.4) is 0 Å². The Bertz CT molecular complexity index is 359. The van der Waals surface area contributed by atoms with E-state index < -0.39 is 5.60 Å². The summed E-state index contributed by atoms with van der Waals surface area (Å²) in [6, 6.07) is 6.15. The highest BCUT2D eigenvalue weighted by molar-refractivity contribution is 9.10. The Morgan fingerprint density at radius 1 is 1.33 bits per heavy atom. The number of hydrogen-bond acceptors (Lipinski definition) is 2. The van der Waals surface area contributed by atoms with Crippen LogP contribution in [-0.2, 0) is 5.60 Å². The fourth-order valence-electron chi connectivity index (χ4n) is 2.11. The lowest BCUT2D eigenvalue weighted by atomic mass is 9.84. The van der Waals surface area contributed by atoms with Gasteiger partial charge in [-0.3, -0.25) is 0 Å². The normalized spacial score (nSPS) is 20.2. The van der Waals surface area contributed by atoms with Crippen LogP contribution < -0.4 is 5.32 Å². The van der Waals surface area contributed by atoms with Gasteiger partial charge in [0.15, 0.2) is 0 Å². The van der Waals surface area contributed by atoms with Crippen LogP contribution in [-0.4, -0.2) is 18.2 Å². The van der Waals surface area contributed by atoms with Crippen molar-refractivity contribution >= 4 is 15.9 Å². The average Bonchev–Trinajstić information content (AvgIpc) is 2.23. The van der Waals surface area contributed by atoms with E-state index in [1.165, 1.54) is 5.56 Å². The molecule has 0 aromatic heterocycles. The summed E-state index contributed by atoms with van der Waals surface area (Å²) in [7, 11) is 0. The van der Waals surface area contributed by atoms with Crippen molar-refractivity contribution in [3.8, 4) is 0 Å². The molecule has 0 bridgehead atoms. The SMILES string of the molecule is Cc1ccc(Br)c(C2(O)CCNCC2)c1. The van der Waals surface area contributed by atoms with Crippen molar-refractivity contribution < 1.29 is 5.11 Å². The van der Waals surface area contributed by atoms with Crippen molar-refractivity contribution in [2.45, 2.75) is 25.4 Å². The summed E-state index contributed by atoms with van der Waals surface area (Å²) in [5.41, 5.74) is 1.57. The molecule has 2 N–H and O–H groups in total. The molecule has 3 heteroatoms. The summed E-state index contributed by atoms with van der Waals surface area (Å²) < 4.78 is 1.01. The standard InChI is InChI=1S/C12H16BrNO/c1-9-2-3-11(13)10(8-9)12(15)4-6-14-7-5-12/h2-3,8,14-15H,4-7H2,1H3. The molecule has 1 aliphatic rings. The largest absolute Gasteiger partial charge is 0.385 e. The fraction of sp³-hybridized carbons (Fsp3) is 0.500. The molecule has 2 nitrogen and oxygen atoms in total. The van der Waals surface area contributed by atoms with Crippen molar-refractivity contribution in [2.75, 3.05) is 13.1 Å². The third-order valence-corrected chi connectivity index (χ3v) is 3.75. The van der Waals surface area contributed by atoms with Gasteiger partial charge in [0.1, 0.15) is 0 Å². The smallest absolute Gasteiger partial charge is 0.0931 e. The molecule has 0 aliphatic carbocycles. The minimum atomic E-state index is -0.657. The highest BCUT2D eigenvalue weighted by Crippen LogP contribution is 2.35. The number of aliphatic hydroxyl groups is 1. The maximum Gasteiger partial charge on any atom is 0.0931 e. The van der Waals surface area contributed by atoms with Crippen LogP contribution >= 0.6 is 15.9 Å². The Hall–Kier alpha value is -0.380. The van der Waals surface area contributed by atoms with Crippen molar-refractivity contribution in [1.29, 1.82) is 0 Å². The van der Waals surface area contributed by atoms with Crippen molar-refractivity contribution in [2.24, 2.45) is 0 Å². The van der Waals surface area contributed by atoms with E-state index in [1.807, 2.05) is 6.07 Å². The lowest BCUT2D eigenvalue weighted by Crippen LogP contribution is -2.39. The van der Waals surface area contributed by atoms with Crippen LogP contribution in [0.2, 0.25) is 0 Å². The van der Waals surface area contributed by atoms with Crippen LogP contribution in [0.15, 0.2) is 22.7 Å². The molecular weight excluding hydrogens is 254 g/mol. The van der Waals surface area contributed by atoms with Gasteiger partial charge >= 0.3 is 0 Å². The molecular formula is C12H16BrNO. The number of benzene rings is 1. The zero-order chi connectivity index (χ0) is 10.9. The highest BCUT2D eigenvalue weighted by Gasteiger charge is 2.32. The van der Waals surface area contributed by atoms with E-state index in [9.17, 15) is 5.11 Å². The number of hydrogen-bond donors (Lipinski definition) is 2. The van der Waals surface area contributed by atoms with Crippen molar-refractivity contribution in [3.63, 3.8) is 0 Å². The molecule has 0 radical (unpaired) electrons. The summed E-state index contributed by atoms with van der Waals surface area (Å²) in [4.78, 5) is 0. The molecule has 1 aromatic carbocycles. The van der Waals surface area contributed by atoms with Gasteiger partial charge in [0.05, 0.1) is 5.60 Å². The molecule has 0 spiro atoms. The monoisotopic (exact) mass is 269 g/mol. The Morgan fingerprint density at radius 2 is 2.00 bits per heavy atom. The molecule has 1 heterocycles. The molecule has 0 unspecified atom stereocenters. The Morgan fingerprint density at radius 3 is 2.67 bits per heavy atom. The van der Waals surface area contributed by atoms with Gasteiger partial charge in [-0.2, -0.15) is 0 Å². The molecule has 2 rings (SSSR count). The van der Waals surface area contributed by atoms with Gasteiger partial charge in [-0.1, -0.05) is 33.6 Å². The van der Waals surface area contributed by atoms with Crippen molar-refractivity contribution in [3.05, 3.63) is 33.8 Å². The third-order valence-electron chi connectivity index (χ3n) is 3.05. The molecule has 0 amide bonds. The zero-order valence-corrected chi connectivity index (χ0v) is 10.5. The summed E-state index contributed by atoms with van der Waals surface area (Å²) in [5.74, 6) is 0. The molecule has 0 saturated carbocycles. The van der Waals surface area contributed by atoms with Gasteiger partial charge in [-0.25, -0.2) is 0 Å². The molecule has 1 aliphatic heterocycles. The molecule has 15 heavy (non-hydrogen) atoms. The maximum absolute atomic E-state index is 10.6. The van der Waals surface area contributed by atoms with Gasteiger partial charge in [0.25, 0.3) is 0 Å². The first-order valence-electron chi connectivity index (χ1n) is 5.31. The third kappa shape index (κ3) is 2.25. The van der Waals surface area contributed by atoms with E-state index in [-0.39, 0.29) is 0 Å². The number of halogens is 1. The molecule has 82 valence electrons. The summed E-state index contributed by atoms with van der Waals surface area (Å²) >= 11 is 3.52. The van der Waals surface area contributed by atoms with E-state index in [1.54, 1.807) is 0 Å². The quantitative estimate of drug-likeness (QED) is 0.821. The van der Waals surface area contributed by atoms with Gasteiger partial charge < -0.3 is 10.4 Å². The minimum absolute atomic E-state index is 0.657. The predicted molar refractivity (Wildman–Crippen MR) is 64.9 cm³/mol. The zero-order valence-electron chi connectivity index (χ0n) is 8.89. The molecule has 1 fully saturated rings. The second-order valence-corrected chi connectivity index (χ2v) is 5.12. The number of nitrogens with one attached hydrogen (secondary N) is 1. The summed E-state index contributed by atoms with van der Waals surface area (Å²) in [6.07, 6.45) is 1.57. The van der Waals surface area contributed by atoms with E-state index in [4.69, 9.17) is 0 Å². The lowest BCUT2D eigenvalue weighted by Gasteiger charge is -2.34. The Balaban J connectivity index is 2.38. The second kappa shape index (κ2) is 4.24. The molecule has 1 aromatic rings. The van der Waals surface area contributed by atoms with Crippen LogP contribution in [0.4, 0.5) is 0 Å². The van der Waals surface area contributed by atoms with Crippen LogP contribution in [0.5, 0.6) is 0 Å². The number of rotatable bonds is 1. The second-order valence-electron chi connectivity index (χ2n) is 4.26. The fourth-order valence-corrected chi connectivity index (χ4v) is 2.72. The van der Waals surface area contributed by atoms with Crippen LogP contribution in [0, 0.1) is 6.92 Å². The maximum atomic E-state index is 10.6. The molecule has 0 atom stereocenters. The minimum Gasteiger partial charge on any atom is -0.385 e. The summed E-state index contributed by atoms with van der Waals surface area (Å²) in [5, 5.41) is 13.8. The van der Waals surface area contributed by atoms with Crippen LogP contribution in [0.25, 0.3) is 0 Å². The van der Waals surface area contributed by atoms with Gasteiger partial charge in [0, 0.05) is 4.47 Å². The first-order chi connectivity index (χ1) is 7.12. The molecule has 1 saturated heterocycles. The van der Waals surface area contributed by atoms with Gasteiger partial charge in [0.2, 0.25) is 0 Å². The number of aryl methyl sites for hydroxylation is 1. The van der Waals surface area contributed by atoms with Gasteiger partial charge in [-0.05, 0) is 44.5 Å². The highest BCUT2D eigenvalue weighted by atomic mass is 79.9. The van der Waals surface area contributed by atoms with Crippen LogP contribution in [0.1, 0.15) is 24.0 Å². The van der Waals surface area contributed by atoms with E-state index in [2.05, 4.69) is 40.3 Å². The van der Waals surface area contributed by atoms with Gasteiger partial charge in [-0.15, -0.1) is 0 Å². The van der Waals surface area contributed by atoms with E-state index in [0.29, 0.717) is 0 Å². The average molecular weight is 270 g/mol. The lowest BCUT2D eigenvalue weighted by molar-refractivity contribution is 0.00522. The first-order valence-corrected chi connectivity index (χ1v) is 6.11.